The van der Waals surface area contributed by atoms with Crippen LogP contribution in [0.25, 0.3) is 11.0 Å². The van der Waals surface area contributed by atoms with E-state index >= 15 is 0 Å². The fraction of sp³-hybridized carbons (Fsp3) is 0.333. The Bertz CT molecular complexity index is 675. The van der Waals surface area contributed by atoms with Gasteiger partial charge in [-0.25, -0.2) is 4.79 Å². The van der Waals surface area contributed by atoms with Crippen molar-refractivity contribution in [3.63, 3.8) is 0 Å². The van der Waals surface area contributed by atoms with E-state index in [9.17, 15) is 9.59 Å². The van der Waals surface area contributed by atoms with Gasteiger partial charge >= 0.3 is 5.63 Å². The molecular weight excluding hydrogens is 324 g/mol. The first-order chi connectivity index (χ1) is 9.61. The number of benzene rings is 1. The number of rotatable bonds is 6. The molecule has 1 aromatic carbocycles. The summed E-state index contributed by atoms with van der Waals surface area (Å²) in [5.74, 6) is 0.363. The second-order valence-electron chi connectivity index (χ2n) is 4.45. The molecule has 2 rings (SSSR count). The van der Waals surface area contributed by atoms with Gasteiger partial charge in [-0.3, -0.25) is 4.79 Å². The summed E-state index contributed by atoms with van der Waals surface area (Å²) in [6.45, 7) is 1.96. The first-order valence-corrected chi connectivity index (χ1v) is 7.51. The number of carbonyl (C=O) groups excluding carboxylic acids is 1. The lowest BCUT2D eigenvalue weighted by atomic mass is 10.1. The number of fused-ring (bicyclic) bond motifs is 1. The molecule has 0 N–H and O–H groups in total. The summed E-state index contributed by atoms with van der Waals surface area (Å²) in [7, 11) is 0. The first-order valence-electron chi connectivity index (χ1n) is 6.39. The smallest absolute Gasteiger partial charge is 0.347 e. The van der Waals surface area contributed by atoms with E-state index in [0.29, 0.717) is 23.3 Å². The highest BCUT2D eigenvalue weighted by atomic mass is 79.9. The maximum absolute atomic E-state index is 11.7. The SMILES string of the molecule is CC(=O)c1cc2ccc(OCCCCBr)cc2oc1=O. The average Bonchev–Trinajstić information content (AvgIpc) is 2.42. The van der Waals surface area contributed by atoms with Crippen molar-refractivity contribution in [1.29, 1.82) is 0 Å². The summed E-state index contributed by atoms with van der Waals surface area (Å²) in [5.41, 5.74) is -0.108. The van der Waals surface area contributed by atoms with Crippen LogP contribution in [-0.4, -0.2) is 17.7 Å². The fourth-order valence-corrected chi connectivity index (χ4v) is 2.21. The van der Waals surface area contributed by atoms with E-state index in [2.05, 4.69) is 15.9 Å². The van der Waals surface area contributed by atoms with Crippen LogP contribution in [0.5, 0.6) is 5.75 Å². The van der Waals surface area contributed by atoms with Crippen LogP contribution in [0, 0.1) is 0 Å². The van der Waals surface area contributed by atoms with Crippen LogP contribution < -0.4 is 10.4 Å². The molecule has 0 saturated carbocycles. The van der Waals surface area contributed by atoms with E-state index in [1.807, 2.05) is 0 Å². The van der Waals surface area contributed by atoms with Gasteiger partial charge in [-0.05, 0) is 38.0 Å². The van der Waals surface area contributed by atoms with Crippen molar-refractivity contribution in [1.82, 2.24) is 0 Å². The zero-order chi connectivity index (χ0) is 14.5. The maximum atomic E-state index is 11.7. The number of Topliss-reactive ketones (excluding diaryl/α,β-unsaturated/α-hetero) is 1. The lowest BCUT2D eigenvalue weighted by molar-refractivity contribution is 0.101. The molecule has 0 atom stereocenters. The van der Waals surface area contributed by atoms with Gasteiger partial charge < -0.3 is 9.15 Å². The van der Waals surface area contributed by atoms with Gasteiger partial charge in [0.05, 0.1) is 6.61 Å². The Hall–Kier alpha value is -1.62. The monoisotopic (exact) mass is 338 g/mol. The molecule has 0 saturated heterocycles. The van der Waals surface area contributed by atoms with E-state index in [-0.39, 0.29) is 11.3 Å². The Morgan fingerprint density at radius 1 is 1.30 bits per heavy atom. The molecule has 0 fully saturated rings. The predicted molar refractivity (Wildman–Crippen MR) is 81.0 cm³/mol. The summed E-state index contributed by atoms with van der Waals surface area (Å²) in [6.07, 6.45) is 2.00. The quantitative estimate of drug-likeness (QED) is 0.350. The lowest BCUT2D eigenvalue weighted by Gasteiger charge is -2.06. The molecule has 106 valence electrons. The third-order valence-electron chi connectivity index (χ3n) is 2.88. The predicted octanol–water partition coefficient (Wildman–Crippen LogP) is 3.55. The zero-order valence-corrected chi connectivity index (χ0v) is 12.7. The molecule has 0 unspecified atom stereocenters. The van der Waals surface area contributed by atoms with Crippen molar-refractivity contribution in [2.45, 2.75) is 19.8 Å². The Labute approximate surface area is 124 Å². The van der Waals surface area contributed by atoms with Crippen LogP contribution in [0.1, 0.15) is 30.1 Å². The number of ketones is 1. The molecule has 2 aromatic rings. The molecule has 0 spiro atoms. The van der Waals surface area contributed by atoms with Crippen LogP contribution >= 0.6 is 15.9 Å². The Kier molecular flexibility index (Phi) is 4.95. The number of alkyl halides is 1. The number of ether oxygens (including phenoxy) is 1. The van der Waals surface area contributed by atoms with Crippen LogP contribution in [0.15, 0.2) is 33.5 Å². The molecule has 0 aliphatic carbocycles. The van der Waals surface area contributed by atoms with Gasteiger partial charge in [-0.1, -0.05) is 15.9 Å². The summed E-state index contributed by atoms with van der Waals surface area (Å²) in [5, 5.41) is 1.67. The Morgan fingerprint density at radius 3 is 2.80 bits per heavy atom. The molecule has 0 bridgehead atoms. The van der Waals surface area contributed by atoms with Gasteiger partial charge in [0.2, 0.25) is 0 Å². The van der Waals surface area contributed by atoms with E-state index < -0.39 is 5.63 Å². The van der Waals surface area contributed by atoms with Gasteiger partial charge in [0.15, 0.2) is 5.78 Å². The molecule has 5 heteroatoms. The standard InChI is InChI=1S/C15H15BrO4/c1-10(17)13-8-11-4-5-12(19-7-3-2-6-16)9-14(11)20-15(13)18/h4-5,8-9H,2-3,6-7H2,1H3. The van der Waals surface area contributed by atoms with Crippen LogP contribution in [-0.2, 0) is 0 Å². The molecule has 0 amide bonds. The summed E-state index contributed by atoms with van der Waals surface area (Å²) < 4.78 is 10.7. The molecule has 1 aromatic heterocycles. The van der Waals surface area contributed by atoms with Crippen molar-refractivity contribution in [3.05, 3.63) is 40.2 Å². The minimum absolute atomic E-state index is 0.0727. The second-order valence-corrected chi connectivity index (χ2v) is 5.24. The van der Waals surface area contributed by atoms with Crippen molar-refractivity contribution in [2.24, 2.45) is 0 Å². The average molecular weight is 339 g/mol. The number of halogens is 1. The molecule has 0 aliphatic rings. The van der Waals surface area contributed by atoms with Crippen LogP contribution in [0.4, 0.5) is 0 Å². The highest BCUT2D eigenvalue weighted by Gasteiger charge is 2.09. The van der Waals surface area contributed by atoms with Gasteiger partial charge in [-0.2, -0.15) is 0 Å². The lowest BCUT2D eigenvalue weighted by Crippen LogP contribution is -2.11. The summed E-state index contributed by atoms with van der Waals surface area (Å²) in [4.78, 5) is 22.9. The van der Waals surface area contributed by atoms with Gasteiger partial charge in [0, 0.05) is 16.8 Å². The first kappa shape index (κ1) is 14.8. The highest BCUT2D eigenvalue weighted by molar-refractivity contribution is 9.09. The van der Waals surface area contributed by atoms with E-state index in [0.717, 1.165) is 18.2 Å². The number of hydrogen-bond donors (Lipinski definition) is 0. The Balaban J connectivity index is 2.24. The topological polar surface area (TPSA) is 56.5 Å². The number of hydrogen-bond acceptors (Lipinski definition) is 4. The molecule has 0 aliphatic heterocycles. The third kappa shape index (κ3) is 3.48. The minimum atomic E-state index is -0.610. The minimum Gasteiger partial charge on any atom is -0.493 e. The summed E-state index contributed by atoms with van der Waals surface area (Å²) >= 11 is 3.36. The molecule has 1 heterocycles. The van der Waals surface area contributed by atoms with Crippen molar-refractivity contribution in [2.75, 3.05) is 11.9 Å². The summed E-state index contributed by atoms with van der Waals surface area (Å²) in [6, 6.07) is 6.82. The van der Waals surface area contributed by atoms with Crippen molar-refractivity contribution >= 4 is 32.7 Å². The van der Waals surface area contributed by atoms with Gasteiger partial charge in [0.1, 0.15) is 16.9 Å². The van der Waals surface area contributed by atoms with Crippen LogP contribution in [0.2, 0.25) is 0 Å². The van der Waals surface area contributed by atoms with Gasteiger partial charge in [0.25, 0.3) is 0 Å². The largest absolute Gasteiger partial charge is 0.493 e. The molecule has 20 heavy (non-hydrogen) atoms. The third-order valence-corrected chi connectivity index (χ3v) is 3.44. The van der Waals surface area contributed by atoms with Crippen LogP contribution in [0.3, 0.4) is 0 Å². The van der Waals surface area contributed by atoms with Crippen molar-refractivity contribution < 1.29 is 13.9 Å². The second kappa shape index (κ2) is 6.70. The van der Waals surface area contributed by atoms with E-state index in [1.165, 1.54) is 6.92 Å². The maximum Gasteiger partial charge on any atom is 0.347 e. The normalized spacial score (nSPS) is 10.7. The molecular formula is C15H15BrO4. The van der Waals surface area contributed by atoms with Crippen molar-refractivity contribution in [3.8, 4) is 5.75 Å². The highest BCUT2D eigenvalue weighted by Crippen LogP contribution is 2.21. The zero-order valence-electron chi connectivity index (χ0n) is 11.1. The van der Waals surface area contributed by atoms with Gasteiger partial charge in [-0.15, -0.1) is 0 Å². The number of unbranched alkanes of at least 4 members (excludes halogenated alkanes) is 1. The molecule has 4 nitrogen and oxygen atoms in total. The number of carbonyl (C=O) groups is 1. The Morgan fingerprint density at radius 2 is 2.10 bits per heavy atom. The van der Waals surface area contributed by atoms with E-state index in [4.69, 9.17) is 9.15 Å². The molecule has 0 radical (unpaired) electrons. The fourth-order valence-electron chi connectivity index (χ4n) is 1.81. The van der Waals surface area contributed by atoms with E-state index in [1.54, 1.807) is 24.3 Å².